The average molecular weight is 248 g/mol. The Morgan fingerprint density at radius 3 is 3.11 bits per heavy atom. The van der Waals surface area contributed by atoms with Crippen molar-refractivity contribution >= 4 is 0 Å². The SMILES string of the molecule is CCNC(Cc1nc(-c2ncn[nH]2)no1)C1CC1. The third-order valence-electron chi connectivity index (χ3n) is 3.15. The number of nitrogens with one attached hydrogen (secondary N) is 2. The Labute approximate surface area is 104 Å². The lowest BCUT2D eigenvalue weighted by molar-refractivity contribution is 0.348. The number of aromatic nitrogens is 5. The molecule has 1 unspecified atom stereocenters. The molecule has 0 amide bonds. The van der Waals surface area contributed by atoms with Gasteiger partial charge in [0, 0.05) is 12.5 Å². The number of aromatic amines is 1. The second-order valence-corrected chi connectivity index (χ2v) is 4.55. The van der Waals surface area contributed by atoms with Crippen LogP contribution in [0, 0.1) is 5.92 Å². The fraction of sp³-hybridized carbons (Fsp3) is 0.636. The Morgan fingerprint density at radius 1 is 1.56 bits per heavy atom. The summed E-state index contributed by atoms with van der Waals surface area (Å²) in [5.74, 6) is 2.41. The maximum Gasteiger partial charge on any atom is 0.239 e. The summed E-state index contributed by atoms with van der Waals surface area (Å²) < 4.78 is 5.25. The van der Waals surface area contributed by atoms with Crippen LogP contribution in [0.3, 0.4) is 0 Å². The number of H-pyrrole nitrogens is 1. The van der Waals surface area contributed by atoms with Gasteiger partial charge in [-0.15, -0.1) is 0 Å². The number of hydrogen-bond donors (Lipinski definition) is 2. The fourth-order valence-electron chi connectivity index (χ4n) is 2.10. The molecule has 0 spiro atoms. The van der Waals surface area contributed by atoms with Crippen molar-refractivity contribution in [3.8, 4) is 11.6 Å². The van der Waals surface area contributed by atoms with Crippen LogP contribution in [-0.2, 0) is 6.42 Å². The molecule has 1 atom stereocenters. The summed E-state index contributed by atoms with van der Waals surface area (Å²) in [7, 11) is 0. The quantitative estimate of drug-likeness (QED) is 0.785. The van der Waals surface area contributed by atoms with E-state index >= 15 is 0 Å². The van der Waals surface area contributed by atoms with E-state index in [1.54, 1.807) is 0 Å². The number of hydrogen-bond acceptors (Lipinski definition) is 6. The monoisotopic (exact) mass is 248 g/mol. The standard InChI is InChI=1S/C11H16N6O/c1-2-12-8(7-3-4-7)5-9-15-11(17-18-9)10-13-6-14-16-10/h6-8,12H,2-5H2,1H3,(H,13,14,16). The van der Waals surface area contributed by atoms with Gasteiger partial charge in [-0.1, -0.05) is 12.1 Å². The van der Waals surface area contributed by atoms with Gasteiger partial charge in [-0.05, 0) is 25.3 Å². The lowest BCUT2D eigenvalue weighted by Crippen LogP contribution is -2.33. The van der Waals surface area contributed by atoms with Crippen molar-refractivity contribution in [2.45, 2.75) is 32.2 Å². The first-order valence-corrected chi connectivity index (χ1v) is 6.28. The van der Waals surface area contributed by atoms with E-state index in [1.807, 2.05) is 0 Å². The highest BCUT2D eigenvalue weighted by Crippen LogP contribution is 2.33. The highest BCUT2D eigenvalue weighted by atomic mass is 16.5. The first-order chi connectivity index (χ1) is 8.86. The Bertz CT molecular complexity index is 489. The summed E-state index contributed by atoms with van der Waals surface area (Å²) in [6.45, 7) is 3.08. The van der Waals surface area contributed by atoms with Crippen LogP contribution >= 0.6 is 0 Å². The van der Waals surface area contributed by atoms with Crippen LogP contribution in [0.1, 0.15) is 25.7 Å². The van der Waals surface area contributed by atoms with E-state index < -0.39 is 0 Å². The molecule has 0 bridgehead atoms. The van der Waals surface area contributed by atoms with Crippen LogP contribution in [0.25, 0.3) is 11.6 Å². The topological polar surface area (TPSA) is 92.5 Å². The molecule has 2 N–H and O–H groups in total. The molecular weight excluding hydrogens is 232 g/mol. The van der Waals surface area contributed by atoms with Crippen molar-refractivity contribution in [1.29, 1.82) is 0 Å². The molecule has 1 fully saturated rings. The summed E-state index contributed by atoms with van der Waals surface area (Å²) in [6.07, 6.45) is 4.79. The van der Waals surface area contributed by atoms with Crippen LogP contribution < -0.4 is 5.32 Å². The lowest BCUT2D eigenvalue weighted by Gasteiger charge is -2.14. The Kier molecular flexibility index (Phi) is 3.06. The molecule has 0 saturated heterocycles. The Hall–Kier alpha value is -1.76. The summed E-state index contributed by atoms with van der Waals surface area (Å²) >= 11 is 0. The molecule has 1 saturated carbocycles. The third kappa shape index (κ3) is 2.40. The summed E-state index contributed by atoms with van der Waals surface area (Å²) in [4.78, 5) is 8.33. The van der Waals surface area contributed by atoms with Crippen LogP contribution in [0.2, 0.25) is 0 Å². The second kappa shape index (κ2) is 4.85. The van der Waals surface area contributed by atoms with Crippen LogP contribution in [0.15, 0.2) is 10.9 Å². The molecule has 1 aliphatic carbocycles. The summed E-state index contributed by atoms with van der Waals surface area (Å²) in [6, 6.07) is 0.443. The maximum absolute atomic E-state index is 5.25. The third-order valence-corrected chi connectivity index (χ3v) is 3.15. The van der Waals surface area contributed by atoms with Gasteiger partial charge >= 0.3 is 0 Å². The first-order valence-electron chi connectivity index (χ1n) is 6.28. The molecular formula is C11H16N6O. The molecule has 1 aliphatic rings. The molecule has 7 heteroatoms. The van der Waals surface area contributed by atoms with Crippen molar-refractivity contribution in [3.63, 3.8) is 0 Å². The second-order valence-electron chi connectivity index (χ2n) is 4.55. The van der Waals surface area contributed by atoms with Gasteiger partial charge in [0.05, 0.1) is 0 Å². The molecule has 2 aromatic rings. The lowest BCUT2D eigenvalue weighted by atomic mass is 10.1. The van der Waals surface area contributed by atoms with Gasteiger partial charge < -0.3 is 9.84 Å². The van der Waals surface area contributed by atoms with E-state index in [0.717, 1.165) is 18.9 Å². The van der Waals surface area contributed by atoms with Gasteiger partial charge in [0.2, 0.25) is 11.7 Å². The molecule has 2 aromatic heterocycles. The smallest absolute Gasteiger partial charge is 0.239 e. The van der Waals surface area contributed by atoms with E-state index in [9.17, 15) is 0 Å². The molecule has 0 aromatic carbocycles. The van der Waals surface area contributed by atoms with E-state index in [0.29, 0.717) is 23.6 Å². The van der Waals surface area contributed by atoms with Gasteiger partial charge in [0.25, 0.3) is 0 Å². The molecule has 0 aliphatic heterocycles. The van der Waals surface area contributed by atoms with E-state index in [2.05, 4.69) is 37.6 Å². The minimum absolute atomic E-state index is 0.443. The zero-order valence-electron chi connectivity index (χ0n) is 10.3. The normalized spacial score (nSPS) is 16.9. The average Bonchev–Trinajstić information content (AvgIpc) is 2.90. The van der Waals surface area contributed by atoms with E-state index in [4.69, 9.17) is 4.52 Å². The van der Waals surface area contributed by atoms with Crippen molar-refractivity contribution in [2.24, 2.45) is 5.92 Å². The van der Waals surface area contributed by atoms with Gasteiger partial charge in [-0.25, -0.2) is 4.98 Å². The highest BCUT2D eigenvalue weighted by molar-refractivity contribution is 5.39. The minimum Gasteiger partial charge on any atom is -0.339 e. The van der Waals surface area contributed by atoms with E-state index in [-0.39, 0.29) is 0 Å². The highest BCUT2D eigenvalue weighted by Gasteiger charge is 2.32. The molecule has 96 valence electrons. The zero-order chi connectivity index (χ0) is 12.4. The zero-order valence-corrected chi connectivity index (χ0v) is 10.3. The molecule has 18 heavy (non-hydrogen) atoms. The van der Waals surface area contributed by atoms with Crippen molar-refractivity contribution < 1.29 is 4.52 Å². The fourth-order valence-corrected chi connectivity index (χ4v) is 2.10. The largest absolute Gasteiger partial charge is 0.339 e. The Morgan fingerprint density at radius 2 is 2.44 bits per heavy atom. The predicted molar refractivity (Wildman–Crippen MR) is 63.6 cm³/mol. The van der Waals surface area contributed by atoms with Crippen molar-refractivity contribution in [1.82, 2.24) is 30.6 Å². The van der Waals surface area contributed by atoms with Gasteiger partial charge in [0.15, 0.2) is 5.82 Å². The maximum atomic E-state index is 5.25. The van der Waals surface area contributed by atoms with Crippen LogP contribution in [0.4, 0.5) is 0 Å². The predicted octanol–water partition coefficient (Wildman–Crippen LogP) is 0.785. The first kappa shape index (κ1) is 11.3. The van der Waals surface area contributed by atoms with E-state index in [1.165, 1.54) is 19.2 Å². The number of rotatable bonds is 6. The van der Waals surface area contributed by atoms with Gasteiger partial charge in [-0.3, -0.25) is 5.10 Å². The summed E-state index contributed by atoms with van der Waals surface area (Å²) in [5.41, 5.74) is 0. The van der Waals surface area contributed by atoms with Crippen LogP contribution in [-0.4, -0.2) is 37.9 Å². The Balaban J connectivity index is 1.69. The minimum atomic E-state index is 0.443. The molecule has 2 heterocycles. The molecule has 0 radical (unpaired) electrons. The van der Waals surface area contributed by atoms with Crippen molar-refractivity contribution in [3.05, 3.63) is 12.2 Å². The molecule has 3 rings (SSSR count). The van der Waals surface area contributed by atoms with Crippen LogP contribution in [0.5, 0.6) is 0 Å². The number of likely N-dealkylation sites (N-methyl/N-ethyl adjacent to an activating group) is 1. The molecule has 7 nitrogen and oxygen atoms in total. The van der Waals surface area contributed by atoms with Crippen molar-refractivity contribution in [2.75, 3.05) is 6.54 Å². The number of nitrogens with zero attached hydrogens (tertiary/aromatic N) is 4. The van der Waals surface area contributed by atoms with Gasteiger partial charge in [-0.2, -0.15) is 10.1 Å². The summed E-state index contributed by atoms with van der Waals surface area (Å²) in [5, 5.41) is 13.9. The van der Waals surface area contributed by atoms with Gasteiger partial charge in [0.1, 0.15) is 6.33 Å².